The van der Waals surface area contributed by atoms with Crippen molar-refractivity contribution in [3.05, 3.63) is 5.01 Å². The van der Waals surface area contributed by atoms with E-state index in [2.05, 4.69) is 20.8 Å². The van der Waals surface area contributed by atoms with Crippen LogP contribution in [0.3, 0.4) is 0 Å². The summed E-state index contributed by atoms with van der Waals surface area (Å²) in [4.78, 5) is 11.8. The first-order valence-corrected chi connectivity index (χ1v) is 7.64. The Balaban J connectivity index is 1.80. The first-order chi connectivity index (χ1) is 8.29. The van der Waals surface area contributed by atoms with Gasteiger partial charge in [0.05, 0.1) is 0 Å². The zero-order valence-corrected chi connectivity index (χ0v) is 11.4. The van der Waals surface area contributed by atoms with Crippen LogP contribution in [0.1, 0.15) is 22.6 Å². The van der Waals surface area contributed by atoms with E-state index in [9.17, 15) is 4.79 Å². The maximum absolute atomic E-state index is 11.8. The predicted molar refractivity (Wildman–Crippen MR) is 71.8 cm³/mol. The molecule has 0 saturated carbocycles. The van der Waals surface area contributed by atoms with Crippen LogP contribution in [-0.4, -0.2) is 41.2 Å². The van der Waals surface area contributed by atoms with E-state index in [1.54, 1.807) is 7.05 Å². The normalized spacial score (nSPS) is 16.8. The van der Waals surface area contributed by atoms with E-state index < -0.39 is 0 Å². The average molecular weight is 272 g/mol. The Labute approximate surface area is 109 Å². The number of nitrogens with zero attached hydrogens (tertiary/aromatic N) is 2. The fourth-order valence-electron chi connectivity index (χ4n) is 1.68. The second-order valence-electron chi connectivity index (χ2n) is 3.93. The molecule has 5 nitrogen and oxygen atoms in total. The van der Waals surface area contributed by atoms with Crippen LogP contribution >= 0.6 is 23.1 Å². The number of anilines is 1. The molecule has 0 bridgehead atoms. The van der Waals surface area contributed by atoms with Crippen molar-refractivity contribution in [2.45, 2.75) is 12.8 Å². The first kappa shape index (κ1) is 12.6. The molecule has 2 rings (SSSR count). The summed E-state index contributed by atoms with van der Waals surface area (Å²) in [5.74, 6) is 2.94. The fourth-order valence-corrected chi connectivity index (χ4v) is 3.50. The lowest BCUT2D eigenvalue weighted by Gasteiger charge is -2.21. The van der Waals surface area contributed by atoms with Crippen molar-refractivity contribution in [2.75, 3.05) is 30.4 Å². The molecule has 2 N–H and O–H groups in total. The third-order valence-electron chi connectivity index (χ3n) is 2.73. The number of aromatic nitrogens is 2. The summed E-state index contributed by atoms with van der Waals surface area (Å²) in [6.07, 6.45) is 2.39. The number of rotatable bonds is 4. The molecule has 0 aliphatic carbocycles. The van der Waals surface area contributed by atoms with Gasteiger partial charge >= 0.3 is 0 Å². The predicted octanol–water partition coefficient (Wildman–Crippen LogP) is 1.45. The monoisotopic (exact) mass is 272 g/mol. The summed E-state index contributed by atoms with van der Waals surface area (Å²) in [6.45, 7) is 0.758. The standard InChI is InChI=1S/C10H16N4OS2/c1-11-10-14-13-9(17-10)8(15)12-6-7-2-4-16-5-3-7/h7H,2-6H2,1H3,(H,11,14)(H,12,15). The lowest BCUT2D eigenvalue weighted by atomic mass is 10.0. The van der Waals surface area contributed by atoms with Crippen molar-refractivity contribution in [2.24, 2.45) is 5.92 Å². The molecule has 1 amide bonds. The molecule has 1 aliphatic rings. The minimum absolute atomic E-state index is 0.109. The molecule has 0 atom stereocenters. The molecular formula is C10H16N4OS2. The van der Waals surface area contributed by atoms with E-state index >= 15 is 0 Å². The number of nitrogens with one attached hydrogen (secondary N) is 2. The van der Waals surface area contributed by atoms with Gasteiger partial charge in [-0.05, 0) is 30.3 Å². The third-order valence-corrected chi connectivity index (χ3v) is 4.71. The average Bonchev–Trinajstić information content (AvgIpc) is 2.86. The highest BCUT2D eigenvalue weighted by atomic mass is 32.2. The number of amides is 1. The Morgan fingerprint density at radius 2 is 2.18 bits per heavy atom. The van der Waals surface area contributed by atoms with E-state index in [1.807, 2.05) is 11.8 Å². The zero-order valence-electron chi connectivity index (χ0n) is 9.73. The molecular weight excluding hydrogens is 256 g/mol. The van der Waals surface area contributed by atoms with Gasteiger partial charge in [0.15, 0.2) is 0 Å². The van der Waals surface area contributed by atoms with E-state index in [0.29, 0.717) is 16.1 Å². The Kier molecular flexibility index (Phi) is 4.61. The molecule has 1 saturated heterocycles. The Hall–Kier alpha value is -0.820. The third kappa shape index (κ3) is 3.57. The Morgan fingerprint density at radius 3 is 2.82 bits per heavy atom. The number of carbonyl (C=O) groups is 1. The van der Waals surface area contributed by atoms with Crippen LogP contribution in [0.5, 0.6) is 0 Å². The van der Waals surface area contributed by atoms with Gasteiger partial charge < -0.3 is 10.6 Å². The van der Waals surface area contributed by atoms with Gasteiger partial charge in [-0.15, -0.1) is 10.2 Å². The molecule has 0 unspecified atom stereocenters. The molecule has 1 fully saturated rings. The van der Waals surface area contributed by atoms with Gasteiger partial charge in [0.25, 0.3) is 5.91 Å². The molecule has 1 aromatic heterocycles. The highest BCUT2D eigenvalue weighted by molar-refractivity contribution is 7.99. The van der Waals surface area contributed by atoms with Crippen molar-refractivity contribution < 1.29 is 4.79 Å². The Morgan fingerprint density at radius 1 is 1.41 bits per heavy atom. The van der Waals surface area contributed by atoms with Crippen LogP contribution in [0.25, 0.3) is 0 Å². The van der Waals surface area contributed by atoms with Crippen molar-refractivity contribution in [1.29, 1.82) is 0 Å². The fraction of sp³-hybridized carbons (Fsp3) is 0.700. The highest BCUT2D eigenvalue weighted by Gasteiger charge is 2.17. The lowest BCUT2D eigenvalue weighted by molar-refractivity contribution is 0.0945. The minimum Gasteiger partial charge on any atom is -0.363 e. The highest BCUT2D eigenvalue weighted by Crippen LogP contribution is 2.22. The van der Waals surface area contributed by atoms with Gasteiger partial charge in [-0.25, -0.2) is 0 Å². The van der Waals surface area contributed by atoms with Gasteiger partial charge in [-0.3, -0.25) is 4.79 Å². The summed E-state index contributed by atoms with van der Waals surface area (Å²) < 4.78 is 0. The second-order valence-corrected chi connectivity index (χ2v) is 6.13. The van der Waals surface area contributed by atoms with E-state index in [-0.39, 0.29) is 5.91 Å². The van der Waals surface area contributed by atoms with Crippen molar-refractivity contribution in [3.8, 4) is 0 Å². The molecule has 0 radical (unpaired) electrons. The number of carbonyl (C=O) groups excluding carboxylic acids is 1. The minimum atomic E-state index is -0.109. The van der Waals surface area contributed by atoms with E-state index in [0.717, 1.165) is 6.54 Å². The quantitative estimate of drug-likeness (QED) is 0.868. The van der Waals surface area contributed by atoms with Crippen LogP contribution in [0.2, 0.25) is 0 Å². The molecule has 0 aromatic carbocycles. The molecule has 2 heterocycles. The zero-order chi connectivity index (χ0) is 12.1. The topological polar surface area (TPSA) is 66.9 Å². The molecule has 1 aliphatic heterocycles. The van der Waals surface area contributed by atoms with Crippen LogP contribution in [0, 0.1) is 5.92 Å². The number of thioether (sulfide) groups is 1. The number of hydrogen-bond donors (Lipinski definition) is 2. The van der Waals surface area contributed by atoms with Crippen LogP contribution in [0.4, 0.5) is 5.13 Å². The molecule has 1 aromatic rings. The molecule has 94 valence electrons. The largest absolute Gasteiger partial charge is 0.363 e. The van der Waals surface area contributed by atoms with Crippen LogP contribution in [0.15, 0.2) is 0 Å². The van der Waals surface area contributed by atoms with Gasteiger partial charge in [0.1, 0.15) is 0 Å². The SMILES string of the molecule is CNc1nnc(C(=O)NCC2CCSCC2)s1. The molecule has 7 heteroatoms. The second kappa shape index (κ2) is 6.20. The van der Waals surface area contributed by atoms with E-state index in [1.165, 1.54) is 35.7 Å². The first-order valence-electron chi connectivity index (χ1n) is 5.67. The number of hydrogen-bond acceptors (Lipinski definition) is 6. The lowest BCUT2D eigenvalue weighted by Crippen LogP contribution is -2.30. The smallest absolute Gasteiger partial charge is 0.282 e. The van der Waals surface area contributed by atoms with Gasteiger partial charge in [-0.1, -0.05) is 11.3 Å². The maximum Gasteiger partial charge on any atom is 0.282 e. The van der Waals surface area contributed by atoms with Gasteiger partial charge in [0.2, 0.25) is 10.1 Å². The Bertz CT molecular complexity index is 376. The van der Waals surface area contributed by atoms with Crippen molar-refractivity contribution in [3.63, 3.8) is 0 Å². The summed E-state index contributed by atoms with van der Waals surface area (Å²) in [5.41, 5.74) is 0. The molecule has 17 heavy (non-hydrogen) atoms. The summed E-state index contributed by atoms with van der Waals surface area (Å²) >= 11 is 3.27. The van der Waals surface area contributed by atoms with Gasteiger partial charge in [-0.2, -0.15) is 11.8 Å². The van der Waals surface area contributed by atoms with Gasteiger partial charge in [0, 0.05) is 13.6 Å². The summed E-state index contributed by atoms with van der Waals surface area (Å²) in [7, 11) is 1.77. The van der Waals surface area contributed by atoms with E-state index in [4.69, 9.17) is 0 Å². The summed E-state index contributed by atoms with van der Waals surface area (Å²) in [6, 6.07) is 0. The summed E-state index contributed by atoms with van der Waals surface area (Å²) in [5, 5.41) is 14.6. The van der Waals surface area contributed by atoms with Crippen molar-refractivity contribution in [1.82, 2.24) is 15.5 Å². The maximum atomic E-state index is 11.8. The van der Waals surface area contributed by atoms with Crippen LogP contribution in [-0.2, 0) is 0 Å². The van der Waals surface area contributed by atoms with Crippen LogP contribution < -0.4 is 10.6 Å². The molecule has 0 spiro atoms. The van der Waals surface area contributed by atoms with Crippen molar-refractivity contribution >= 4 is 34.1 Å².